The number of halogens is 2. The lowest BCUT2D eigenvalue weighted by Crippen LogP contribution is -2.28. The Bertz CT molecular complexity index is 913. The van der Waals surface area contributed by atoms with Crippen LogP contribution in [-0.2, 0) is 6.42 Å². The van der Waals surface area contributed by atoms with E-state index in [0.29, 0.717) is 11.5 Å². The smallest absolute Gasteiger partial charge is 0.127 e. The Hall–Kier alpha value is -2.14. The molecular weight excluding hydrogens is 374 g/mol. The Labute approximate surface area is 180 Å². The zero-order chi connectivity index (χ0) is 20.9. The lowest BCUT2D eigenvalue weighted by atomic mass is 9.64. The second-order valence-corrected chi connectivity index (χ2v) is 9.26. The zero-order valence-electron chi connectivity index (χ0n) is 18.0. The molecule has 0 bridgehead atoms. The van der Waals surface area contributed by atoms with Crippen LogP contribution in [0.3, 0.4) is 0 Å². The van der Waals surface area contributed by atoms with E-state index < -0.39 is 11.6 Å². The topological polar surface area (TPSA) is 0 Å². The molecule has 0 radical (unpaired) electrons. The molecule has 0 heterocycles. The highest BCUT2D eigenvalue weighted by atomic mass is 19.1. The van der Waals surface area contributed by atoms with Gasteiger partial charge in [-0.25, -0.2) is 8.78 Å². The van der Waals surface area contributed by atoms with Gasteiger partial charge in [-0.15, -0.1) is 0 Å². The summed E-state index contributed by atoms with van der Waals surface area (Å²) in [6.07, 6.45) is 13.4. The Balaban J connectivity index is 1.42. The molecule has 2 heteroatoms. The summed E-state index contributed by atoms with van der Waals surface area (Å²) in [5, 5.41) is 0. The quantitative estimate of drug-likeness (QED) is 0.351. The first kappa shape index (κ1) is 21.1. The molecule has 1 saturated carbocycles. The van der Waals surface area contributed by atoms with Crippen LogP contribution in [0.1, 0.15) is 92.9 Å². The highest BCUT2D eigenvalue weighted by Gasteiger charge is 2.34. The highest BCUT2D eigenvalue weighted by Crippen LogP contribution is 2.48. The van der Waals surface area contributed by atoms with E-state index in [-0.39, 0.29) is 0 Å². The van der Waals surface area contributed by atoms with E-state index in [0.717, 1.165) is 29.9 Å². The molecule has 0 unspecified atom stereocenters. The first-order chi connectivity index (χ1) is 14.6. The minimum Gasteiger partial charge on any atom is -0.207 e. The average Bonchev–Trinajstić information content (AvgIpc) is 2.74. The van der Waals surface area contributed by atoms with Gasteiger partial charge in [0.2, 0.25) is 0 Å². The van der Waals surface area contributed by atoms with Gasteiger partial charge in [0.25, 0.3) is 0 Å². The molecule has 1 fully saturated rings. The molecule has 0 aliphatic heterocycles. The highest BCUT2D eigenvalue weighted by molar-refractivity contribution is 5.47. The summed E-state index contributed by atoms with van der Waals surface area (Å²) in [5.41, 5.74) is 4.26. The Morgan fingerprint density at radius 3 is 2.47 bits per heavy atom. The van der Waals surface area contributed by atoms with Crippen LogP contribution in [0.4, 0.5) is 8.78 Å². The lowest BCUT2D eigenvalue weighted by Gasteiger charge is -2.40. The van der Waals surface area contributed by atoms with E-state index in [9.17, 15) is 8.78 Å². The van der Waals surface area contributed by atoms with Gasteiger partial charge in [0.05, 0.1) is 0 Å². The number of fused-ring (bicyclic) bond motifs is 3. The first-order valence-corrected chi connectivity index (χ1v) is 11.7. The molecular formula is C28H32F2. The molecule has 158 valence electrons. The lowest BCUT2D eigenvalue weighted by molar-refractivity contribution is 0.199. The number of rotatable bonds is 5. The molecule has 2 aliphatic rings. The van der Waals surface area contributed by atoms with Crippen LogP contribution >= 0.6 is 0 Å². The zero-order valence-corrected chi connectivity index (χ0v) is 18.0. The van der Waals surface area contributed by atoms with Gasteiger partial charge in [-0.3, -0.25) is 0 Å². The van der Waals surface area contributed by atoms with Crippen molar-refractivity contribution in [2.24, 2.45) is 11.8 Å². The normalized spacial score (nSPS) is 22.6. The maximum Gasteiger partial charge on any atom is 0.127 e. The number of aryl methyl sites for hydroxylation is 1. The molecule has 0 amide bonds. The number of benzene rings is 2. The summed E-state index contributed by atoms with van der Waals surface area (Å²) in [4.78, 5) is 0. The van der Waals surface area contributed by atoms with Crippen molar-refractivity contribution in [3.8, 4) is 11.8 Å². The van der Waals surface area contributed by atoms with Crippen molar-refractivity contribution in [1.29, 1.82) is 0 Å². The Kier molecular flexibility index (Phi) is 6.88. The largest absolute Gasteiger partial charge is 0.207 e. The first-order valence-electron chi connectivity index (χ1n) is 11.7. The maximum atomic E-state index is 13.4. The minimum atomic E-state index is -0.586. The second kappa shape index (κ2) is 9.78. The van der Waals surface area contributed by atoms with Crippen molar-refractivity contribution in [3.63, 3.8) is 0 Å². The van der Waals surface area contributed by atoms with Crippen molar-refractivity contribution in [2.75, 3.05) is 0 Å². The van der Waals surface area contributed by atoms with Gasteiger partial charge >= 0.3 is 0 Å². The maximum absolute atomic E-state index is 13.4. The van der Waals surface area contributed by atoms with Crippen LogP contribution in [0.15, 0.2) is 36.4 Å². The van der Waals surface area contributed by atoms with E-state index in [1.807, 2.05) is 0 Å². The van der Waals surface area contributed by atoms with Crippen molar-refractivity contribution in [2.45, 2.75) is 77.0 Å². The van der Waals surface area contributed by atoms with Gasteiger partial charge in [-0.1, -0.05) is 56.9 Å². The summed E-state index contributed by atoms with van der Waals surface area (Å²) in [7, 11) is 0. The van der Waals surface area contributed by atoms with Crippen LogP contribution in [0.2, 0.25) is 0 Å². The fraction of sp³-hybridized carbons (Fsp3) is 0.500. The molecule has 4 rings (SSSR count). The predicted octanol–water partition coefficient (Wildman–Crippen LogP) is 7.78. The Morgan fingerprint density at radius 2 is 1.67 bits per heavy atom. The van der Waals surface area contributed by atoms with Gasteiger partial charge in [-0.05, 0) is 85.3 Å². The van der Waals surface area contributed by atoms with Crippen molar-refractivity contribution in [1.82, 2.24) is 0 Å². The fourth-order valence-corrected chi connectivity index (χ4v) is 5.58. The molecule has 0 aromatic heterocycles. The van der Waals surface area contributed by atoms with Gasteiger partial charge in [-0.2, -0.15) is 0 Å². The van der Waals surface area contributed by atoms with Crippen molar-refractivity contribution in [3.05, 3.63) is 70.3 Å². The molecule has 2 aromatic rings. The van der Waals surface area contributed by atoms with E-state index in [1.165, 1.54) is 81.0 Å². The third-order valence-electron chi connectivity index (χ3n) is 7.10. The van der Waals surface area contributed by atoms with Crippen LogP contribution < -0.4 is 0 Å². The molecule has 2 aliphatic carbocycles. The molecule has 2 aromatic carbocycles. The fourth-order valence-electron chi connectivity index (χ4n) is 5.58. The second-order valence-electron chi connectivity index (χ2n) is 9.26. The predicted molar refractivity (Wildman–Crippen MR) is 119 cm³/mol. The standard InChI is InChI=1S/C28H32F2/c1-2-3-4-5-6-20-9-13-27-23(15-20)11-12-24-16-21(10-14-28(24)27)7-8-22-17-25(29)19-26(30)18-22/h10,14,16-20,23,27H,2-6,9,11-13,15H2,1H3/t20-,23-,27+/m1/s1. The summed E-state index contributed by atoms with van der Waals surface area (Å²) in [5.74, 6) is 7.31. The van der Waals surface area contributed by atoms with Crippen molar-refractivity contribution >= 4 is 0 Å². The molecule has 30 heavy (non-hydrogen) atoms. The van der Waals surface area contributed by atoms with Crippen LogP contribution in [0.5, 0.6) is 0 Å². The third kappa shape index (κ3) is 5.12. The Morgan fingerprint density at radius 1 is 0.867 bits per heavy atom. The molecule has 0 N–H and O–H groups in total. The van der Waals surface area contributed by atoms with E-state index in [4.69, 9.17) is 0 Å². The minimum absolute atomic E-state index is 0.377. The van der Waals surface area contributed by atoms with E-state index in [1.54, 1.807) is 0 Å². The van der Waals surface area contributed by atoms with Gasteiger partial charge in [0.15, 0.2) is 0 Å². The van der Waals surface area contributed by atoms with Crippen molar-refractivity contribution < 1.29 is 8.78 Å². The van der Waals surface area contributed by atoms with Gasteiger partial charge in [0, 0.05) is 17.2 Å². The molecule has 0 spiro atoms. The molecule has 0 saturated heterocycles. The molecule has 0 nitrogen and oxygen atoms in total. The third-order valence-corrected chi connectivity index (χ3v) is 7.10. The summed E-state index contributed by atoms with van der Waals surface area (Å²) >= 11 is 0. The van der Waals surface area contributed by atoms with Crippen LogP contribution in [-0.4, -0.2) is 0 Å². The molecule has 3 atom stereocenters. The average molecular weight is 407 g/mol. The summed E-state index contributed by atoms with van der Waals surface area (Å²) in [6, 6.07) is 9.98. The summed E-state index contributed by atoms with van der Waals surface area (Å²) in [6.45, 7) is 2.28. The van der Waals surface area contributed by atoms with Crippen LogP contribution in [0.25, 0.3) is 0 Å². The van der Waals surface area contributed by atoms with Gasteiger partial charge in [0.1, 0.15) is 11.6 Å². The van der Waals surface area contributed by atoms with E-state index >= 15 is 0 Å². The SMILES string of the molecule is CCCCCC[C@@H]1CC[C@@H]2c3ccc(C#Cc4cc(F)cc(F)c4)cc3CC[C@@H]2C1. The number of unbranched alkanes of at least 4 members (excludes halogenated alkanes) is 3. The monoisotopic (exact) mass is 406 g/mol. The number of hydrogen-bond acceptors (Lipinski definition) is 0. The van der Waals surface area contributed by atoms with Gasteiger partial charge < -0.3 is 0 Å². The summed E-state index contributed by atoms with van der Waals surface area (Å²) < 4.78 is 26.7. The number of hydrogen-bond donors (Lipinski definition) is 0. The van der Waals surface area contributed by atoms with Crippen LogP contribution in [0, 0.1) is 35.3 Å². The van der Waals surface area contributed by atoms with E-state index in [2.05, 4.69) is 37.0 Å².